The van der Waals surface area contributed by atoms with Gasteiger partial charge in [0.05, 0.1) is 13.2 Å². The Balaban J connectivity index is 2.16. The molecule has 0 fully saturated rings. The topological polar surface area (TPSA) is 58.9 Å². The van der Waals surface area contributed by atoms with Crippen LogP contribution in [0, 0.1) is 0 Å². The summed E-state index contributed by atoms with van der Waals surface area (Å²) in [5.41, 5.74) is 1.05. The zero-order chi connectivity index (χ0) is 10.2. The standard InChI is InChI=1S/C10H14O4/c11-10(8-14-12)7-13-6-9-4-2-1-3-5-9/h1-5,10-12H,6-8H2. The molecule has 1 rings (SSSR count). The van der Waals surface area contributed by atoms with E-state index in [2.05, 4.69) is 4.89 Å². The first-order valence-corrected chi connectivity index (χ1v) is 4.39. The average molecular weight is 198 g/mol. The lowest BCUT2D eigenvalue weighted by molar-refractivity contribution is -0.259. The first-order chi connectivity index (χ1) is 6.83. The number of aliphatic hydroxyl groups excluding tert-OH is 1. The van der Waals surface area contributed by atoms with E-state index < -0.39 is 6.10 Å². The summed E-state index contributed by atoms with van der Waals surface area (Å²) in [6.07, 6.45) is -0.788. The van der Waals surface area contributed by atoms with Crippen molar-refractivity contribution in [3.8, 4) is 0 Å². The van der Waals surface area contributed by atoms with Gasteiger partial charge in [-0.25, -0.2) is 4.89 Å². The van der Waals surface area contributed by atoms with Gasteiger partial charge in [0.2, 0.25) is 0 Å². The van der Waals surface area contributed by atoms with Crippen LogP contribution in [0.2, 0.25) is 0 Å². The molecule has 0 aromatic heterocycles. The summed E-state index contributed by atoms with van der Waals surface area (Å²) >= 11 is 0. The van der Waals surface area contributed by atoms with Gasteiger partial charge in [0, 0.05) is 0 Å². The largest absolute Gasteiger partial charge is 0.388 e. The van der Waals surface area contributed by atoms with Crippen LogP contribution >= 0.6 is 0 Å². The molecule has 4 heteroatoms. The van der Waals surface area contributed by atoms with E-state index in [9.17, 15) is 0 Å². The van der Waals surface area contributed by atoms with Gasteiger partial charge in [-0.15, -0.1) is 0 Å². The minimum Gasteiger partial charge on any atom is -0.388 e. The van der Waals surface area contributed by atoms with Crippen molar-refractivity contribution in [2.24, 2.45) is 0 Å². The highest BCUT2D eigenvalue weighted by molar-refractivity contribution is 5.13. The molecule has 1 unspecified atom stereocenters. The van der Waals surface area contributed by atoms with Crippen LogP contribution in [0.5, 0.6) is 0 Å². The molecule has 0 aliphatic rings. The number of benzene rings is 1. The summed E-state index contributed by atoms with van der Waals surface area (Å²) < 4.78 is 5.19. The lowest BCUT2D eigenvalue weighted by Gasteiger charge is -2.08. The molecule has 0 saturated heterocycles. The van der Waals surface area contributed by atoms with Gasteiger partial charge in [0.25, 0.3) is 0 Å². The Labute approximate surface area is 82.6 Å². The maximum Gasteiger partial charge on any atom is 0.110 e. The second kappa shape index (κ2) is 6.50. The van der Waals surface area contributed by atoms with Crippen LogP contribution in [-0.4, -0.2) is 29.7 Å². The summed E-state index contributed by atoms with van der Waals surface area (Å²) in [7, 11) is 0. The van der Waals surface area contributed by atoms with Gasteiger partial charge >= 0.3 is 0 Å². The Morgan fingerprint density at radius 1 is 1.14 bits per heavy atom. The second-order valence-corrected chi connectivity index (χ2v) is 2.95. The van der Waals surface area contributed by atoms with E-state index >= 15 is 0 Å². The molecule has 0 saturated carbocycles. The van der Waals surface area contributed by atoms with Crippen LogP contribution in [0.3, 0.4) is 0 Å². The van der Waals surface area contributed by atoms with E-state index in [0.29, 0.717) is 6.61 Å². The number of rotatable bonds is 6. The van der Waals surface area contributed by atoms with E-state index in [0.717, 1.165) is 5.56 Å². The maximum atomic E-state index is 9.12. The molecule has 2 N–H and O–H groups in total. The molecule has 0 radical (unpaired) electrons. The third-order valence-corrected chi connectivity index (χ3v) is 1.69. The van der Waals surface area contributed by atoms with E-state index in [4.69, 9.17) is 15.1 Å². The fourth-order valence-corrected chi connectivity index (χ4v) is 1.02. The Morgan fingerprint density at radius 2 is 1.86 bits per heavy atom. The van der Waals surface area contributed by atoms with E-state index in [-0.39, 0.29) is 13.2 Å². The van der Waals surface area contributed by atoms with Crippen molar-refractivity contribution in [2.75, 3.05) is 13.2 Å². The molecule has 0 aliphatic carbocycles. The van der Waals surface area contributed by atoms with Gasteiger partial charge in [0.15, 0.2) is 0 Å². The minimum atomic E-state index is -0.788. The molecule has 0 heterocycles. The molecule has 0 aliphatic heterocycles. The minimum absolute atomic E-state index is 0.130. The van der Waals surface area contributed by atoms with Crippen molar-refractivity contribution in [2.45, 2.75) is 12.7 Å². The van der Waals surface area contributed by atoms with E-state index in [1.807, 2.05) is 30.3 Å². The molecule has 14 heavy (non-hydrogen) atoms. The maximum absolute atomic E-state index is 9.12. The normalized spacial score (nSPS) is 12.7. The predicted molar refractivity (Wildman–Crippen MR) is 50.7 cm³/mol. The Hall–Kier alpha value is -0.940. The highest BCUT2D eigenvalue weighted by atomic mass is 17.1. The van der Waals surface area contributed by atoms with Gasteiger partial charge in [-0.3, -0.25) is 5.26 Å². The van der Waals surface area contributed by atoms with Crippen LogP contribution in [0.4, 0.5) is 0 Å². The van der Waals surface area contributed by atoms with Crippen molar-refractivity contribution in [3.05, 3.63) is 35.9 Å². The Kier molecular flexibility index (Phi) is 5.17. The lowest BCUT2D eigenvalue weighted by atomic mass is 10.2. The van der Waals surface area contributed by atoms with Crippen LogP contribution in [0.15, 0.2) is 30.3 Å². The van der Waals surface area contributed by atoms with Crippen LogP contribution in [0.25, 0.3) is 0 Å². The smallest absolute Gasteiger partial charge is 0.110 e. The van der Waals surface area contributed by atoms with Crippen molar-refractivity contribution in [3.63, 3.8) is 0 Å². The summed E-state index contributed by atoms with van der Waals surface area (Å²) in [5.74, 6) is 0. The third kappa shape index (κ3) is 4.34. The zero-order valence-electron chi connectivity index (χ0n) is 7.80. The highest BCUT2D eigenvalue weighted by Crippen LogP contribution is 2.00. The quantitative estimate of drug-likeness (QED) is 0.530. The monoisotopic (exact) mass is 198 g/mol. The summed E-state index contributed by atoms with van der Waals surface area (Å²) in [4.78, 5) is 3.78. The number of hydrogen-bond acceptors (Lipinski definition) is 4. The summed E-state index contributed by atoms with van der Waals surface area (Å²) in [6.45, 7) is 0.466. The molecule has 0 spiro atoms. The fraction of sp³-hybridized carbons (Fsp3) is 0.400. The van der Waals surface area contributed by atoms with Gasteiger partial charge < -0.3 is 9.84 Å². The van der Waals surface area contributed by atoms with Gasteiger partial charge in [0.1, 0.15) is 12.7 Å². The molecule has 4 nitrogen and oxygen atoms in total. The molecule has 0 amide bonds. The van der Waals surface area contributed by atoms with Crippen LogP contribution < -0.4 is 0 Å². The fourth-order valence-electron chi connectivity index (χ4n) is 1.02. The van der Waals surface area contributed by atoms with Gasteiger partial charge in [-0.1, -0.05) is 30.3 Å². The summed E-state index contributed by atoms with van der Waals surface area (Å²) in [5, 5.41) is 17.2. The summed E-state index contributed by atoms with van der Waals surface area (Å²) in [6, 6.07) is 9.65. The van der Waals surface area contributed by atoms with Crippen molar-refractivity contribution in [1.29, 1.82) is 0 Å². The molecule has 1 atom stereocenters. The number of hydrogen-bond donors (Lipinski definition) is 2. The predicted octanol–water partition coefficient (Wildman–Crippen LogP) is 1.05. The van der Waals surface area contributed by atoms with E-state index in [1.165, 1.54) is 0 Å². The lowest BCUT2D eigenvalue weighted by Crippen LogP contribution is -2.20. The second-order valence-electron chi connectivity index (χ2n) is 2.95. The molecule has 1 aromatic rings. The Bertz CT molecular complexity index is 237. The van der Waals surface area contributed by atoms with Gasteiger partial charge in [-0.2, -0.15) is 0 Å². The first-order valence-electron chi connectivity index (χ1n) is 4.39. The molecule has 1 aromatic carbocycles. The molecule has 0 bridgehead atoms. The van der Waals surface area contributed by atoms with Crippen molar-refractivity contribution < 1.29 is 20.0 Å². The first kappa shape index (κ1) is 11.1. The molecular weight excluding hydrogens is 184 g/mol. The van der Waals surface area contributed by atoms with Gasteiger partial charge in [-0.05, 0) is 5.56 Å². The van der Waals surface area contributed by atoms with Crippen LogP contribution in [-0.2, 0) is 16.2 Å². The average Bonchev–Trinajstić information content (AvgIpc) is 2.20. The van der Waals surface area contributed by atoms with Crippen LogP contribution in [0.1, 0.15) is 5.56 Å². The van der Waals surface area contributed by atoms with E-state index in [1.54, 1.807) is 0 Å². The molecular formula is C10H14O4. The van der Waals surface area contributed by atoms with Crippen molar-refractivity contribution in [1.82, 2.24) is 0 Å². The molecule has 78 valence electrons. The van der Waals surface area contributed by atoms with Crippen molar-refractivity contribution >= 4 is 0 Å². The zero-order valence-corrected chi connectivity index (χ0v) is 7.80. The number of aliphatic hydroxyl groups is 1. The SMILES string of the molecule is OOCC(O)COCc1ccccc1. The highest BCUT2D eigenvalue weighted by Gasteiger charge is 2.03. The Morgan fingerprint density at radius 3 is 2.50 bits per heavy atom. The number of ether oxygens (including phenoxy) is 1. The third-order valence-electron chi connectivity index (χ3n) is 1.69.